The normalized spacial score (nSPS) is 9.71. The van der Waals surface area contributed by atoms with Crippen molar-refractivity contribution in [1.29, 1.82) is 5.41 Å². The van der Waals surface area contributed by atoms with Gasteiger partial charge in [0.1, 0.15) is 11.5 Å². The number of benzene rings is 2. The van der Waals surface area contributed by atoms with Gasteiger partial charge in [0.05, 0.1) is 4.92 Å². The molecule has 0 aromatic heterocycles. The Morgan fingerprint density at radius 1 is 1.05 bits per heavy atom. The quantitative estimate of drug-likeness (QED) is 0.349. The van der Waals surface area contributed by atoms with Crippen LogP contribution in [0.4, 0.5) is 16.2 Å². The maximum Gasteiger partial charge on any atom is 0.325 e. The van der Waals surface area contributed by atoms with Crippen LogP contribution in [0.5, 0.6) is 0 Å². The SMILES string of the molecule is N=C(NC(=O)Nc1ccccc1[N+](=O)[O-])c1ccccc1. The molecule has 2 rings (SSSR count). The summed E-state index contributed by atoms with van der Waals surface area (Å²) in [4.78, 5) is 22.0. The van der Waals surface area contributed by atoms with E-state index >= 15 is 0 Å². The van der Waals surface area contributed by atoms with Gasteiger partial charge in [0.15, 0.2) is 0 Å². The fraction of sp³-hybridized carbons (Fsp3) is 0. The van der Waals surface area contributed by atoms with Gasteiger partial charge in [-0.1, -0.05) is 42.5 Å². The Hall–Kier alpha value is -3.22. The van der Waals surface area contributed by atoms with Crippen LogP contribution in [0.3, 0.4) is 0 Å². The molecule has 0 aliphatic rings. The van der Waals surface area contributed by atoms with Crippen LogP contribution >= 0.6 is 0 Å². The molecule has 0 saturated heterocycles. The number of hydrogen-bond acceptors (Lipinski definition) is 4. The van der Waals surface area contributed by atoms with Gasteiger partial charge in [0.2, 0.25) is 0 Å². The third-order valence-corrected chi connectivity index (χ3v) is 2.65. The number of anilines is 1. The molecule has 0 saturated carbocycles. The van der Waals surface area contributed by atoms with Crippen LogP contribution in [0.25, 0.3) is 0 Å². The zero-order chi connectivity index (χ0) is 15.2. The van der Waals surface area contributed by atoms with Crippen LogP contribution in [0.2, 0.25) is 0 Å². The number of nitro groups is 1. The van der Waals surface area contributed by atoms with Crippen molar-refractivity contribution in [3.8, 4) is 0 Å². The minimum absolute atomic E-state index is 0.0702. The predicted octanol–water partition coefficient (Wildman–Crippen LogP) is 2.74. The first-order valence-corrected chi connectivity index (χ1v) is 6.03. The Labute approximate surface area is 120 Å². The molecule has 0 spiro atoms. The fourth-order valence-corrected chi connectivity index (χ4v) is 1.68. The first kappa shape index (κ1) is 14.2. The second-order valence-corrected chi connectivity index (χ2v) is 4.09. The highest BCUT2D eigenvalue weighted by molar-refractivity contribution is 6.09. The van der Waals surface area contributed by atoms with Crippen molar-refractivity contribution in [2.75, 3.05) is 5.32 Å². The van der Waals surface area contributed by atoms with Crippen molar-refractivity contribution < 1.29 is 9.72 Å². The Morgan fingerprint density at radius 2 is 1.67 bits per heavy atom. The molecule has 0 aliphatic carbocycles. The molecule has 0 radical (unpaired) electrons. The zero-order valence-corrected chi connectivity index (χ0v) is 10.9. The molecule has 21 heavy (non-hydrogen) atoms. The second kappa shape index (κ2) is 6.29. The number of nitro benzene ring substituents is 1. The van der Waals surface area contributed by atoms with E-state index in [1.165, 1.54) is 18.2 Å². The molecule has 0 fully saturated rings. The molecule has 7 heteroatoms. The van der Waals surface area contributed by atoms with Gasteiger partial charge in [-0.15, -0.1) is 0 Å². The van der Waals surface area contributed by atoms with Crippen molar-refractivity contribution in [2.45, 2.75) is 0 Å². The number of carbonyl (C=O) groups is 1. The van der Waals surface area contributed by atoms with Gasteiger partial charge in [0.25, 0.3) is 5.69 Å². The van der Waals surface area contributed by atoms with E-state index in [1.807, 2.05) is 0 Å². The van der Waals surface area contributed by atoms with Crippen LogP contribution in [0.15, 0.2) is 54.6 Å². The lowest BCUT2D eigenvalue weighted by molar-refractivity contribution is -0.383. The van der Waals surface area contributed by atoms with Crippen molar-refractivity contribution in [2.24, 2.45) is 0 Å². The van der Waals surface area contributed by atoms with E-state index < -0.39 is 11.0 Å². The number of nitrogens with zero attached hydrogens (tertiary/aromatic N) is 1. The second-order valence-electron chi connectivity index (χ2n) is 4.09. The van der Waals surface area contributed by atoms with Crippen LogP contribution in [0.1, 0.15) is 5.56 Å². The maximum absolute atomic E-state index is 11.8. The predicted molar refractivity (Wildman–Crippen MR) is 78.5 cm³/mol. The molecular weight excluding hydrogens is 272 g/mol. The third-order valence-electron chi connectivity index (χ3n) is 2.65. The minimum Gasteiger partial charge on any atom is -0.302 e. The van der Waals surface area contributed by atoms with Crippen molar-refractivity contribution >= 4 is 23.2 Å². The molecule has 2 amide bonds. The third kappa shape index (κ3) is 3.63. The molecule has 2 aromatic carbocycles. The largest absolute Gasteiger partial charge is 0.325 e. The molecule has 0 bridgehead atoms. The summed E-state index contributed by atoms with van der Waals surface area (Å²) in [5.41, 5.74) is 0.398. The first-order chi connectivity index (χ1) is 10.1. The molecule has 106 valence electrons. The number of hydrogen-bond donors (Lipinski definition) is 3. The highest BCUT2D eigenvalue weighted by atomic mass is 16.6. The van der Waals surface area contributed by atoms with E-state index in [2.05, 4.69) is 10.6 Å². The van der Waals surface area contributed by atoms with Gasteiger partial charge in [-0.05, 0) is 6.07 Å². The molecule has 3 N–H and O–H groups in total. The molecule has 0 aliphatic heterocycles. The topological polar surface area (TPSA) is 108 Å². The Morgan fingerprint density at radius 3 is 2.33 bits per heavy atom. The number of para-hydroxylation sites is 2. The van der Waals surface area contributed by atoms with Gasteiger partial charge in [0, 0.05) is 11.6 Å². The van der Waals surface area contributed by atoms with E-state index in [4.69, 9.17) is 5.41 Å². The first-order valence-electron chi connectivity index (χ1n) is 6.03. The number of rotatable bonds is 3. The average molecular weight is 284 g/mol. The lowest BCUT2D eigenvalue weighted by Gasteiger charge is -2.08. The smallest absolute Gasteiger partial charge is 0.302 e. The summed E-state index contributed by atoms with van der Waals surface area (Å²) in [7, 11) is 0. The van der Waals surface area contributed by atoms with E-state index in [9.17, 15) is 14.9 Å². The van der Waals surface area contributed by atoms with Gasteiger partial charge in [-0.25, -0.2) is 4.79 Å². The van der Waals surface area contributed by atoms with E-state index in [0.717, 1.165) is 0 Å². The molecule has 0 atom stereocenters. The average Bonchev–Trinajstić information content (AvgIpc) is 2.48. The zero-order valence-electron chi connectivity index (χ0n) is 10.9. The summed E-state index contributed by atoms with van der Waals surface area (Å²) in [5.74, 6) is -0.0910. The van der Waals surface area contributed by atoms with Gasteiger partial charge in [-0.2, -0.15) is 0 Å². The van der Waals surface area contributed by atoms with Crippen LogP contribution in [-0.2, 0) is 0 Å². The highest BCUT2D eigenvalue weighted by Gasteiger charge is 2.15. The van der Waals surface area contributed by atoms with Crippen LogP contribution < -0.4 is 10.6 Å². The standard InChI is InChI=1S/C14H12N4O3/c15-13(10-6-2-1-3-7-10)17-14(19)16-11-8-4-5-9-12(11)18(20)21/h1-9H,(H3,15,16,17,19). The Bertz CT molecular complexity index is 686. The minimum atomic E-state index is -0.710. The molecule has 2 aromatic rings. The summed E-state index contributed by atoms with van der Waals surface area (Å²) < 4.78 is 0. The monoisotopic (exact) mass is 284 g/mol. The summed E-state index contributed by atoms with van der Waals surface area (Å²) >= 11 is 0. The van der Waals surface area contributed by atoms with E-state index in [1.54, 1.807) is 36.4 Å². The molecule has 0 unspecified atom stereocenters. The van der Waals surface area contributed by atoms with Crippen molar-refractivity contribution in [3.05, 3.63) is 70.3 Å². The summed E-state index contributed by atoms with van der Waals surface area (Å²) in [6.07, 6.45) is 0. The van der Waals surface area contributed by atoms with Gasteiger partial charge < -0.3 is 5.32 Å². The lowest BCUT2D eigenvalue weighted by atomic mass is 10.2. The number of amides is 2. The summed E-state index contributed by atoms with van der Waals surface area (Å²) in [6, 6.07) is 13.7. The summed E-state index contributed by atoms with van der Waals surface area (Å²) in [5, 5.41) is 23.3. The summed E-state index contributed by atoms with van der Waals surface area (Å²) in [6.45, 7) is 0. The number of nitrogens with one attached hydrogen (secondary N) is 3. The lowest BCUT2D eigenvalue weighted by Crippen LogP contribution is -2.34. The van der Waals surface area contributed by atoms with Crippen molar-refractivity contribution in [3.63, 3.8) is 0 Å². The van der Waals surface area contributed by atoms with Crippen LogP contribution in [-0.4, -0.2) is 16.8 Å². The molecule has 0 heterocycles. The number of carbonyl (C=O) groups excluding carboxylic acids is 1. The molecular formula is C14H12N4O3. The maximum atomic E-state index is 11.8. The number of urea groups is 1. The highest BCUT2D eigenvalue weighted by Crippen LogP contribution is 2.22. The number of amidine groups is 1. The fourth-order valence-electron chi connectivity index (χ4n) is 1.68. The Balaban J connectivity index is 2.06. The Kier molecular flexibility index (Phi) is 4.25. The van der Waals surface area contributed by atoms with Crippen LogP contribution in [0, 0.1) is 15.5 Å². The van der Waals surface area contributed by atoms with Gasteiger partial charge in [-0.3, -0.25) is 20.8 Å². The van der Waals surface area contributed by atoms with Crippen molar-refractivity contribution in [1.82, 2.24) is 5.32 Å². The van der Waals surface area contributed by atoms with Gasteiger partial charge >= 0.3 is 6.03 Å². The van der Waals surface area contributed by atoms with E-state index in [0.29, 0.717) is 5.56 Å². The molecule has 7 nitrogen and oxygen atoms in total. The van der Waals surface area contributed by atoms with E-state index in [-0.39, 0.29) is 17.2 Å².